The largest absolute Gasteiger partial charge is 0.378 e. The minimum absolute atomic E-state index is 0.0766. The Balaban J connectivity index is 1.50. The van der Waals surface area contributed by atoms with Gasteiger partial charge in [0.15, 0.2) is 5.65 Å². The lowest BCUT2D eigenvalue weighted by Gasteiger charge is -2.27. The smallest absolute Gasteiger partial charge is 0.266 e. The number of fused-ring (bicyclic) bond motifs is 1. The van der Waals surface area contributed by atoms with Gasteiger partial charge in [-0.1, -0.05) is 6.07 Å². The molecule has 0 aliphatic carbocycles. The lowest BCUT2D eigenvalue weighted by molar-refractivity contribution is -0.115. The van der Waals surface area contributed by atoms with Crippen molar-refractivity contribution in [2.45, 2.75) is 20.3 Å². The molecule has 0 atom stereocenters. The highest BCUT2D eigenvalue weighted by atomic mass is 16.5. The van der Waals surface area contributed by atoms with E-state index in [-0.39, 0.29) is 23.8 Å². The summed E-state index contributed by atoms with van der Waals surface area (Å²) < 4.78 is 6.87. The van der Waals surface area contributed by atoms with Crippen LogP contribution in [0, 0.1) is 13.8 Å². The highest BCUT2D eigenvalue weighted by Crippen LogP contribution is 2.17. The van der Waals surface area contributed by atoms with Crippen molar-refractivity contribution in [3.63, 3.8) is 0 Å². The SMILES string of the molecule is Cc1nc2cc(=O)[nH]n2c(C)c1CC(=O)Nc1cccc(C(=O)N2CCOCC2)c1. The van der Waals surface area contributed by atoms with Crippen molar-refractivity contribution in [3.8, 4) is 0 Å². The van der Waals surface area contributed by atoms with Gasteiger partial charge in [0.25, 0.3) is 11.5 Å². The van der Waals surface area contributed by atoms with Gasteiger partial charge in [0.2, 0.25) is 5.91 Å². The van der Waals surface area contributed by atoms with E-state index in [0.29, 0.717) is 48.9 Å². The van der Waals surface area contributed by atoms with Gasteiger partial charge in [0, 0.05) is 47.4 Å². The van der Waals surface area contributed by atoms with E-state index < -0.39 is 0 Å². The molecule has 2 aromatic heterocycles. The summed E-state index contributed by atoms with van der Waals surface area (Å²) in [6.45, 7) is 5.84. The van der Waals surface area contributed by atoms with Crippen LogP contribution in [0.1, 0.15) is 27.3 Å². The first-order chi connectivity index (χ1) is 14.4. The number of benzene rings is 1. The number of carbonyl (C=O) groups excluding carboxylic acids is 2. The normalized spacial score (nSPS) is 14.1. The number of aryl methyl sites for hydroxylation is 2. The fourth-order valence-electron chi connectivity index (χ4n) is 3.66. The van der Waals surface area contributed by atoms with Gasteiger partial charge < -0.3 is 15.0 Å². The maximum absolute atomic E-state index is 12.7. The number of nitrogens with zero attached hydrogens (tertiary/aromatic N) is 3. The van der Waals surface area contributed by atoms with Crippen LogP contribution in [0.4, 0.5) is 5.69 Å². The van der Waals surface area contributed by atoms with E-state index in [9.17, 15) is 14.4 Å². The second kappa shape index (κ2) is 8.11. The van der Waals surface area contributed by atoms with E-state index in [0.717, 1.165) is 11.3 Å². The van der Waals surface area contributed by atoms with Gasteiger partial charge in [-0.2, -0.15) is 0 Å². The Hall–Kier alpha value is -3.46. The Morgan fingerprint density at radius 3 is 2.73 bits per heavy atom. The predicted molar refractivity (Wildman–Crippen MR) is 111 cm³/mol. The zero-order chi connectivity index (χ0) is 21.3. The number of aromatic nitrogens is 3. The molecule has 0 unspecified atom stereocenters. The van der Waals surface area contributed by atoms with E-state index >= 15 is 0 Å². The van der Waals surface area contributed by atoms with Gasteiger partial charge in [0.1, 0.15) is 0 Å². The van der Waals surface area contributed by atoms with Gasteiger partial charge >= 0.3 is 0 Å². The summed E-state index contributed by atoms with van der Waals surface area (Å²) in [5.41, 5.74) is 3.55. The van der Waals surface area contributed by atoms with Crippen LogP contribution < -0.4 is 10.9 Å². The summed E-state index contributed by atoms with van der Waals surface area (Å²) in [5.74, 6) is -0.305. The molecule has 9 nitrogen and oxygen atoms in total. The van der Waals surface area contributed by atoms with E-state index in [1.807, 2.05) is 13.8 Å². The highest BCUT2D eigenvalue weighted by molar-refractivity contribution is 5.97. The van der Waals surface area contributed by atoms with Gasteiger partial charge in [0.05, 0.1) is 19.6 Å². The Morgan fingerprint density at radius 2 is 1.97 bits per heavy atom. The van der Waals surface area contributed by atoms with Crippen LogP contribution in [-0.4, -0.2) is 57.6 Å². The molecule has 0 spiro atoms. The van der Waals surface area contributed by atoms with E-state index in [2.05, 4.69) is 15.4 Å². The van der Waals surface area contributed by atoms with Crippen molar-refractivity contribution in [2.24, 2.45) is 0 Å². The van der Waals surface area contributed by atoms with Crippen LogP contribution >= 0.6 is 0 Å². The highest BCUT2D eigenvalue weighted by Gasteiger charge is 2.19. The third-order valence-corrected chi connectivity index (χ3v) is 5.23. The molecule has 2 amide bonds. The lowest BCUT2D eigenvalue weighted by atomic mass is 10.1. The molecule has 0 radical (unpaired) electrons. The molecule has 1 saturated heterocycles. The van der Waals surface area contributed by atoms with Crippen LogP contribution in [0.15, 0.2) is 35.1 Å². The summed E-state index contributed by atoms with van der Waals surface area (Å²) >= 11 is 0. The van der Waals surface area contributed by atoms with Crippen LogP contribution in [-0.2, 0) is 16.0 Å². The molecule has 156 valence electrons. The van der Waals surface area contributed by atoms with Gasteiger partial charge in [-0.25, -0.2) is 9.50 Å². The minimum Gasteiger partial charge on any atom is -0.378 e. The number of H-pyrrole nitrogens is 1. The summed E-state index contributed by atoms with van der Waals surface area (Å²) in [7, 11) is 0. The molecule has 2 N–H and O–H groups in total. The maximum atomic E-state index is 12.7. The first-order valence-electron chi connectivity index (χ1n) is 9.77. The zero-order valence-corrected chi connectivity index (χ0v) is 16.9. The molecular formula is C21H23N5O4. The molecule has 1 fully saturated rings. The number of rotatable bonds is 4. The molecule has 3 heterocycles. The number of hydrogen-bond donors (Lipinski definition) is 2. The molecule has 9 heteroatoms. The fourth-order valence-corrected chi connectivity index (χ4v) is 3.66. The number of hydrogen-bond acceptors (Lipinski definition) is 5. The molecule has 3 aromatic rings. The molecule has 0 saturated carbocycles. The summed E-state index contributed by atoms with van der Waals surface area (Å²) in [6.07, 6.45) is 0.0997. The third-order valence-electron chi connectivity index (χ3n) is 5.23. The number of ether oxygens (including phenoxy) is 1. The molecule has 30 heavy (non-hydrogen) atoms. The zero-order valence-electron chi connectivity index (χ0n) is 16.9. The molecule has 1 aromatic carbocycles. The number of morpholine rings is 1. The van der Waals surface area contributed by atoms with Crippen molar-refractivity contribution in [1.29, 1.82) is 0 Å². The lowest BCUT2D eigenvalue weighted by Crippen LogP contribution is -2.40. The number of nitrogens with one attached hydrogen (secondary N) is 2. The number of amides is 2. The standard InChI is InChI=1S/C21H23N5O4/c1-13-17(14(2)26-18(22-13)12-20(28)24-26)11-19(27)23-16-5-3-4-15(10-16)21(29)25-6-8-30-9-7-25/h3-5,10,12H,6-9,11H2,1-2H3,(H,23,27)(H,24,28). The van der Waals surface area contributed by atoms with E-state index in [1.54, 1.807) is 33.7 Å². The molecule has 0 bridgehead atoms. The Bertz CT molecular complexity index is 1170. The van der Waals surface area contributed by atoms with Crippen LogP contribution in [0.2, 0.25) is 0 Å². The average molecular weight is 409 g/mol. The minimum atomic E-state index is -0.242. The monoisotopic (exact) mass is 409 g/mol. The third kappa shape index (κ3) is 3.97. The van der Waals surface area contributed by atoms with Crippen molar-refractivity contribution < 1.29 is 14.3 Å². The first kappa shape index (κ1) is 19.8. The van der Waals surface area contributed by atoms with Gasteiger partial charge in [-0.3, -0.25) is 19.5 Å². The second-order valence-corrected chi connectivity index (χ2v) is 7.29. The number of carbonyl (C=O) groups is 2. The van der Waals surface area contributed by atoms with Crippen LogP contribution in [0.5, 0.6) is 0 Å². The van der Waals surface area contributed by atoms with Crippen molar-refractivity contribution >= 4 is 23.1 Å². The van der Waals surface area contributed by atoms with Crippen LogP contribution in [0.25, 0.3) is 5.65 Å². The summed E-state index contributed by atoms with van der Waals surface area (Å²) in [4.78, 5) is 43.1. The summed E-state index contributed by atoms with van der Waals surface area (Å²) in [6, 6.07) is 8.33. The average Bonchev–Trinajstić information content (AvgIpc) is 3.11. The first-order valence-corrected chi connectivity index (χ1v) is 9.77. The predicted octanol–water partition coefficient (Wildman–Crippen LogP) is 1.29. The van der Waals surface area contributed by atoms with E-state index in [4.69, 9.17) is 4.74 Å². The van der Waals surface area contributed by atoms with Crippen molar-refractivity contribution in [3.05, 3.63) is 63.2 Å². The van der Waals surface area contributed by atoms with Gasteiger partial charge in [-0.15, -0.1) is 0 Å². The summed E-state index contributed by atoms with van der Waals surface area (Å²) in [5, 5.41) is 5.54. The Kier molecular flexibility index (Phi) is 5.37. The van der Waals surface area contributed by atoms with Gasteiger partial charge in [-0.05, 0) is 32.0 Å². The Morgan fingerprint density at radius 1 is 1.20 bits per heavy atom. The molecular weight excluding hydrogens is 386 g/mol. The maximum Gasteiger partial charge on any atom is 0.266 e. The fraction of sp³-hybridized carbons (Fsp3) is 0.333. The number of aromatic amines is 1. The van der Waals surface area contributed by atoms with E-state index in [1.165, 1.54) is 6.07 Å². The Labute approximate surface area is 172 Å². The number of anilines is 1. The van der Waals surface area contributed by atoms with Crippen LogP contribution in [0.3, 0.4) is 0 Å². The topological polar surface area (TPSA) is 109 Å². The molecule has 1 aliphatic rings. The van der Waals surface area contributed by atoms with Crippen molar-refractivity contribution in [1.82, 2.24) is 19.5 Å². The molecule has 1 aliphatic heterocycles. The second-order valence-electron chi connectivity index (χ2n) is 7.29. The quantitative estimate of drug-likeness (QED) is 0.675. The molecule has 4 rings (SSSR count). The van der Waals surface area contributed by atoms with Crippen molar-refractivity contribution in [2.75, 3.05) is 31.6 Å².